The summed E-state index contributed by atoms with van der Waals surface area (Å²) >= 11 is 0. The molecule has 4 rings (SSSR count). The number of benzene rings is 1. The SMILES string of the molecule is CC1COCC(C)N1Cc1ccc2c(-c3cnn(C)c3)cc(C(N)=O)nc2c1. The maximum atomic E-state index is 11.8. The summed E-state index contributed by atoms with van der Waals surface area (Å²) in [7, 11) is 1.87. The minimum atomic E-state index is -0.534. The van der Waals surface area contributed by atoms with E-state index in [1.165, 1.54) is 0 Å². The van der Waals surface area contributed by atoms with Gasteiger partial charge < -0.3 is 10.5 Å². The zero-order valence-electron chi connectivity index (χ0n) is 16.4. The lowest BCUT2D eigenvalue weighted by molar-refractivity contribution is -0.0409. The molecule has 1 aliphatic heterocycles. The number of rotatable bonds is 4. The van der Waals surface area contributed by atoms with Gasteiger partial charge in [0.2, 0.25) is 0 Å². The number of hydrogen-bond acceptors (Lipinski definition) is 5. The Morgan fingerprint density at radius 2 is 2.00 bits per heavy atom. The number of carbonyl (C=O) groups is 1. The van der Waals surface area contributed by atoms with Gasteiger partial charge in [0.25, 0.3) is 5.91 Å². The maximum Gasteiger partial charge on any atom is 0.267 e. The van der Waals surface area contributed by atoms with Crippen LogP contribution in [0.4, 0.5) is 0 Å². The Morgan fingerprint density at radius 1 is 1.25 bits per heavy atom. The molecule has 2 unspecified atom stereocenters. The van der Waals surface area contributed by atoms with Gasteiger partial charge in [0.05, 0.1) is 24.9 Å². The third-order valence-corrected chi connectivity index (χ3v) is 5.36. The van der Waals surface area contributed by atoms with Crippen molar-refractivity contribution >= 4 is 16.8 Å². The molecule has 0 bridgehead atoms. The number of aromatic nitrogens is 3. The molecule has 3 aromatic rings. The second-order valence-corrected chi connectivity index (χ2v) is 7.58. The molecule has 7 nitrogen and oxygen atoms in total. The van der Waals surface area contributed by atoms with Crippen molar-refractivity contribution in [1.82, 2.24) is 19.7 Å². The van der Waals surface area contributed by atoms with Crippen LogP contribution >= 0.6 is 0 Å². The summed E-state index contributed by atoms with van der Waals surface area (Å²) < 4.78 is 7.36. The first kappa shape index (κ1) is 18.6. The van der Waals surface area contributed by atoms with Crippen LogP contribution in [0.25, 0.3) is 22.0 Å². The lowest BCUT2D eigenvalue weighted by Crippen LogP contribution is -2.48. The van der Waals surface area contributed by atoms with E-state index in [4.69, 9.17) is 10.5 Å². The van der Waals surface area contributed by atoms with Gasteiger partial charge in [-0.25, -0.2) is 4.98 Å². The molecule has 1 saturated heterocycles. The number of fused-ring (bicyclic) bond motifs is 1. The van der Waals surface area contributed by atoms with E-state index in [9.17, 15) is 4.79 Å². The monoisotopic (exact) mass is 379 g/mol. The quantitative estimate of drug-likeness (QED) is 0.752. The molecule has 1 amide bonds. The largest absolute Gasteiger partial charge is 0.378 e. The minimum Gasteiger partial charge on any atom is -0.378 e. The summed E-state index contributed by atoms with van der Waals surface area (Å²) in [6.45, 7) is 6.66. The van der Waals surface area contributed by atoms with E-state index in [1.807, 2.05) is 13.2 Å². The van der Waals surface area contributed by atoms with Crippen molar-refractivity contribution in [2.45, 2.75) is 32.5 Å². The van der Waals surface area contributed by atoms with Gasteiger partial charge in [-0.05, 0) is 37.1 Å². The van der Waals surface area contributed by atoms with Crippen LogP contribution in [0.1, 0.15) is 29.9 Å². The Balaban J connectivity index is 1.77. The van der Waals surface area contributed by atoms with Gasteiger partial charge in [0, 0.05) is 42.8 Å². The Bertz CT molecular complexity index is 1020. The highest BCUT2D eigenvalue weighted by molar-refractivity contribution is 6.00. The number of ether oxygens (including phenoxy) is 1. The molecule has 0 radical (unpaired) electrons. The van der Waals surface area contributed by atoms with Crippen molar-refractivity contribution in [2.75, 3.05) is 13.2 Å². The standard InChI is InChI=1S/C21H25N5O2/c1-13-11-28-12-14(2)26(13)9-15-4-5-17-18(16-8-23-25(3)10-16)7-20(21(22)27)24-19(17)6-15/h4-8,10,13-14H,9,11-12H2,1-3H3,(H2,22,27). The van der Waals surface area contributed by atoms with E-state index in [0.29, 0.717) is 12.1 Å². The van der Waals surface area contributed by atoms with E-state index in [0.717, 1.165) is 47.4 Å². The van der Waals surface area contributed by atoms with Crippen molar-refractivity contribution in [3.05, 3.63) is 47.9 Å². The second-order valence-electron chi connectivity index (χ2n) is 7.58. The van der Waals surface area contributed by atoms with Gasteiger partial charge in [0.1, 0.15) is 5.69 Å². The van der Waals surface area contributed by atoms with Gasteiger partial charge >= 0.3 is 0 Å². The topological polar surface area (TPSA) is 86.3 Å². The van der Waals surface area contributed by atoms with Gasteiger partial charge in [-0.15, -0.1) is 0 Å². The fourth-order valence-electron chi connectivity index (χ4n) is 3.86. The van der Waals surface area contributed by atoms with Crippen LogP contribution in [0.5, 0.6) is 0 Å². The molecule has 1 fully saturated rings. The Labute approximate surface area is 164 Å². The van der Waals surface area contributed by atoms with Crippen LogP contribution in [0.2, 0.25) is 0 Å². The third-order valence-electron chi connectivity index (χ3n) is 5.36. The zero-order valence-corrected chi connectivity index (χ0v) is 16.4. The lowest BCUT2D eigenvalue weighted by Gasteiger charge is -2.38. The Hall–Kier alpha value is -2.77. The second kappa shape index (κ2) is 7.33. The van der Waals surface area contributed by atoms with Crippen molar-refractivity contribution in [3.63, 3.8) is 0 Å². The third kappa shape index (κ3) is 3.50. The lowest BCUT2D eigenvalue weighted by atomic mass is 10.0. The number of amides is 1. The molecular weight excluding hydrogens is 354 g/mol. The predicted octanol–water partition coefficient (Wildman–Crippen LogP) is 2.34. The van der Waals surface area contributed by atoms with Crippen molar-refractivity contribution in [2.24, 2.45) is 12.8 Å². The molecule has 2 N–H and O–H groups in total. The number of nitrogens with two attached hydrogens (primary N) is 1. The van der Waals surface area contributed by atoms with Crippen molar-refractivity contribution in [1.29, 1.82) is 0 Å². The van der Waals surface area contributed by atoms with Crippen LogP contribution in [-0.4, -0.2) is 50.9 Å². The maximum absolute atomic E-state index is 11.8. The Kier molecular flexibility index (Phi) is 4.87. The number of hydrogen-bond donors (Lipinski definition) is 1. The summed E-state index contributed by atoms with van der Waals surface area (Å²) in [5.41, 5.74) is 9.55. The fraction of sp³-hybridized carbons (Fsp3) is 0.381. The molecule has 0 spiro atoms. The number of nitrogens with zero attached hydrogens (tertiary/aromatic N) is 4. The van der Waals surface area contributed by atoms with E-state index >= 15 is 0 Å². The van der Waals surface area contributed by atoms with Gasteiger partial charge in [0.15, 0.2) is 0 Å². The average Bonchev–Trinajstić information content (AvgIpc) is 3.10. The highest BCUT2D eigenvalue weighted by Gasteiger charge is 2.25. The number of carbonyl (C=O) groups excluding carboxylic acids is 1. The number of aryl methyl sites for hydroxylation is 1. The van der Waals surface area contributed by atoms with Crippen molar-refractivity contribution < 1.29 is 9.53 Å². The van der Waals surface area contributed by atoms with Crippen LogP contribution in [0, 0.1) is 0 Å². The van der Waals surface area contributed by atoms with E-state index in [2.05, 4.69) is 47.0 Å². The molecular formula is C21H25N5O2. The molecule has 7 heteroatoms. The normalized spacial score (nSPS) is 20.5. The molecule has 0 saturated carbocycles. The van der Waals surface area contributed by atoms with Gasteiger partial charge in [-0.1, -0.05) is 12.1 Å². The molecule has 28 heavy (non-hydrogen) atoms. The molecule has 2 atom stereocenters. The van der Waals surface area contributed by atoms with E-state index in [1.54, 1.807) is 16.9 Å². The van der Waals surface area contributed by atoms with Gasteiger partial charge in [-0.2, -0.15) is 5.10 Å². The van der Waals surface area contributed by atoms with Crippen molar-refractivity contribution in [3.8, 4) is 11.1 Å². The molecule has 2 aromatic heterocycles. The summed E-state index contributed by atoms with van der Waals surface area (Å²) in [6, 6.07) is 8.71. The highest BCUT2D eigenvalue weighted by Crippen LogP contribution is 2.29. The minimum absolute atomic E-state index is 0.261. The summed E-state index contributed by atoms with van der Waals surface area (Å²) in [5.74, 6) is -0.534. The number of pyridine rings is 1. The van der Waals surface area contributed by atoms with E-state index < -0.39 is 5.91 Å². The van der Waals surface area contributed by atoms with E-state index in [-0.39, 0.29) is 5.69 Å². The zero-order chi connectivity index (χ0) is 19.8. The highest BCUT2D eigenvalue weighted by atomic mass is 16.5. The van der Waals surface area contributed by atoms with Gasteiger partial charge in [-0.3, -0.25) is 14.4 Å². The number of morpholine rings is 1. The molecule has 146 valence electrons. The molecule has 1 aliphatic rings. The molecule has 1 aromatic carbocycles. The summed E-state index contributed by atoms with van der Waals surface area (Å²) in [5, 5.41) is 5.22. The molecule has 0 aliphatic carbocycles. The van der Waals surface area contributed by atoms with Crippen LogP contribution in [0.15, 0.2) is 36.7 Å². The fourth-order valence-corrected chi connectivity index (χ4v) is 3.86. The summed E-state index contributed by atoms with van der Waals surface area (Å²) in [4.78, 5) is 18.8. The summed E-state index contributed by atoms with van der Waals surface area (Å²) in [6.07, 6.45) is 3.70. The Morgan fingerprint density at radius 3 is 2.64 bits per heavy atom. The first-order valence-electron chi connectivity index (χ1n) is 9.48. The predicted molar refractivity (Wildman–Crippen MR) is 108 cm³/mol. The van der Waals surface area contributed by atoms with Crippen LogP contribution in [0.3, 0.4) is 0 Å². The average molecular weight is 379 g/mol. The van der Waals surface area contributed by atoms with Crippen LogP contribution < -0.4 is 5.73 Å². The van der Waals surface area contributed by atoms with Crippen LogP contribution in [-0.2, 0) is 18.3 Å². The first-order valence-corrected chi connectivity index (χ1v) is 9.48. The molecule has 3 heterocycles. The number of primary amides is 1. The smallest absolute Gasteiger partial charge is 0.267 e. The first-order chi connectivity index (χ1) is 13.4.